The Morgan fingerprint density at radius 1 is 1.56 bits per heavy atom. The summed E-state index contributed by atoms with van der Waals surface area (Å²) in [6, 6.07) is 1.89. The molecule has 1 heterocycles. The largest absolute Gasteiger partial charge is 0.309 e. The molecule has 0 saturated heterocycles. The molecule has 2 nitrogen and oxygen atoms in total. The van der Waals surface area contributed by atoms with E-state index in [2.05, 4.69) is 23.8 Å². The lowest BCUT2D eigenvalue weighted by molar-refractivity contribution is 0.508. The van der Waals surface area contributed by atoms with Crippen molar-refractivity contribution in [1.29, 1.82) is 0 Å². The van der Waals surface area contributed by atoms with Gasteiger partial charge in [0.25, 0.3) is 0 Å². The topological polar surface area (TPSA) is 24.9 Å². The van der Waals surface area contributed by atoms with Crippen LogP contribution in [0, 0.1) is 0 Å². The Labute approximate surface area is 107 Å². The first kappa shape index (κ1) is 13.5. The molecule has 0 amide bonds. The van der Waals surface area contributed by atoms with Gasteiger partial charge in [0.2, 0.25) is 0 Å². The van der Waals surface area contributed by atoms with E-state index in [1.165, 1.54) is 0 Å². The average Bonchev–Trinajstić information content (AvgIpc) is 2.25. The van der Waals surface area contributed by atoms with E-state index in [9.17, 15) is 0 Å². The molecular weight excluding hydrogens is 243 g/mol. The molecule has 1 unspecified atom stereocenters. The van der Waals surface area contributed by atoms with E-state index in [0.717, 1.165) is 25.1 Å². The zero-order valence-electron chi connectivity index (χ0n) is 9.34. The van der Waals surface area contributed by atoms with Crippen LogP contribution >= 0.6 is 23.2 Å². The van der Waals surface area contributed by atoms with Crippen LogP contribution in [-0.2, 0) is 0 Å². The zero-order valence-corrected chi connectivity index (χ0v) is 10.9. The first-order valence-corrected chi connectivity index (χ1v) is 6.09. The van der Waals surface area contributed by atoms with Crippen LogP contribution in [0.2, 0.25) is 10.0 Å². The molecule has 1 atom stereocenters. The van der Waals surface area contributed by atoms with Gasteiger partial charge in [-0.1, -0.05) is 36.2 Å². The zero-order chi connectivity index (χ0) is 12.0. The van der Waals surface area contributed by atoms with Crippen molar-refractivity contribution in [3.05, 3.63) is 40.7 Å². The normalized spacial score (nSPS) is 12.4. The van der Waals surface area contributed by atoms with Gasteiger partial charge in [-0.3, -0.25) is 4.98 Å². The number of halogens is 2. The van der Waals surface area contributed by atoms with E-state index in [0.29, 0.717) is 10.0 Å². The van der Waals surface area contributed by atoms with Crippen molar-refractivity contribution in [1.82, 2.24) is 10.3 Å². The van der Waals surface area contributed by atoms with Crippen LogP contribution in [0.3, 0.4) is 0 Å². The third-order valence-electron chi connectivity index (χ3n) is 2.28. The second-order valence-corrected chi connectivity index (χ2v) is 4.34. The molecule has 0 aromatic carbocycles. The van der Waals surface area contributed by atoms with Gasteiger partial charge < -0.3 is 5.32 Å². The van der Waals surface area contributed by atoms with Crippen molar-refractivity contribution in [2.75, 3.05) is 6.54 Å². The fraction of sp³-hybridized carbons (Fsp3) is 0.417. The molecule has 0 bridgehead atoms. The quantitative estimate of drug-likeness (QED) is 0.781. The van der Waals surface area contributed by atoms with Gasteiger partial charge in [-0.25, -0.2) is 0 Å². The second-order valence-electron chi connectivity index (χ2n) is 3.50. The molecule has 0 aliphatic carbocycles. The lowest BCUT2D eigenvalue weighted by atomic mass is 10.1. The van der Waals surface area contributed by atoms with Crippen molar-refractivity contribution < 1.29 is 0 Å². The summed E-state index contributed by atoms with van der Waals surface area (Å²) < 4.78 is 0. The van der Waals surface area contributed by atoms with Crippen LogP contribution in [0.1, 0.15) is 31.5 Å². The summed E-state index contributed by atoms with van der Waals surface area (Å²) in [5, 5.41) is 4.53. The second kappa shape index (κ2) is 6.89. The summed E-state index contributed by atoms with van der Waals surface area (Å²) in [6.45, 7) is 6.66. The standard InChI is InChI=1S/C12H16Cl2N2/c1-3-5-6-11(15-4-2)12-10(14)7-9(13)8-16-12/h3,7-8,11,15H,1,4-6H2,2H3. The Morgan fingerprint density at radius 2 is 2.31 bits per heavy atom. The first-order chi connectivity index (χ1) is 7.69. The third-order valence-corrected chi connectivity index (χ3v) is 2.79. The number of nitrogens with one attached hydrogen (secondary N) is 1. The maximum Gasteiger partial charge on any atom is 0.0760 e. The Bertz CT molecular complexity index is 353. The summed E-state index contributed by atoms with van der Waals surface area (Å²) in [7, 11) is 0. The van der Waals surface area contributed by atoms with Crippen LogP contribution in [0.15, 0.2) is 24.9 Å². The predicted molar refractivity (Wildman–Crippen MR) is 70.1 cm³/mol. The molecule has 1 rings (SSSR count). The smallest absolute Gasteiger partial charge is 0.0760 e. The molecule has 0 aliphatic heterocycles. The van der Waals surface area contributed by atoms with Gasteiger partial charge in [0.1, 0.15) is 0 Å². The third kappa shape index (κ3) is 3.78. The summed E-state index contributed by atoms with van der Waals surface area (Å²) in [4.78, 5) is 4.29. The van der Waals surface area contributed by atoms with Crippen LogP contribution < -0.4 is 5.32 Å². The molecule has 4 heteroatoms. The Hall–Kier alpha value is -0.570. The predicted octanol–water partition coefficient (Wildman–Crippen LogP) is 4.01. The van der Waals surface area contributed by atoms with Crippen LogP contribution in [0.5, 0.6) is 0 Å². The highest BCUT2D eigenvalue weighted by Crippen LogP contribution is 2.26. The van der Waals surface area contributed by atoms with Gasteiger partial charge in [0, 0.05) is 6.20 Å². The number of rotatable bonds is 6. The molecule has 1 N–H and O–H groups in total. The van der Waals surface area contributed by atoms with Crippen LogP contribution in [0.25, 0.3) is 0 Å². The molecule has 0 radical (unpaired) electrons. The van der Waals surface area contributed by atoms with E-state index in [1.54, 1.807) is 12.3 Å². The summed E-state index contributed by atoms with van der Waals surface area (Å²) in [6.07, 6.45) is 5.39. The number of hydrogen-bond acceptors (Lipinski definition) is 2. The highest BCUT2D eigenvalue weighted by atomic mass is 35.5. The molecule has 88 valence electrons. The molecule has 0 spiro atoms. The van der Waals surface area contributed by atoms with E-state index in [-0.39, 0.29) is 6.04 Å². The lowest BCUT2D eigenvalue weighted by Gasteiger charge is -2.17. The highest BCUT2D eigenvalue weighted by molar-refractivity contribution is 6.34. The number of allylic oxidation sites excluding steroid dienone is 1. The van der Waals surface area contributed by atoms with Crippen molar-refractivity contribution in [3.8, 4) is 0 Å². The molecule has 16 heavy (non-hydrogen) atoms. The first-order valence-electron chi connectivity index (χ1n) is 5.34. The van der Waals surface area contributed by atoms with Gasteiger partial charge in [-0.15, -0.1) is 6.58 Å². The molecule has 0 fully saturated rings. The monoisotopic (exact) mass is 258 g/mol. The lowest BCUT2D eigenvalue weighted by Crippen LogP contribution is -2.22. The fourth-order valence-electron chi connectivity index (χ4n) is 1.55. The highest BCUT2D eigenvalue weighted by Gasteiger charge is 2.14. The van der Waals surface area contributed by atoms with Crippen molar-refractivity contribution in [2.45, 2.75) is 25.8 Å². The Kier molecular flexibility index (Phi) is 5.81. The molecule has 0 aliphatic rings. The summed E-state index contributed by atoms with van der Waals surface area (Å²) in [5.74, 6) is 0. The summed E-state index contributed by atoms with van der Waals surface area (Å²) in [5.41, 5.74) is 0.856. The van der Waals surface area contributed by atoms with Crippen LogP contribution in [-0.4, -0.2) is 11.5 Å². The maximum atomic E-state index is 6.13. The SMILES string of the molecule is C=CCCC(NCC)c1ncc(Cl)cc1Cl. The van der Waals surface area contributed by atoms with Gasteiger partial charge in [-0.2, -0.15) is 0 Å². The molecule has 1 aromatic heterocycles. The van der Waals surface area contributed by atoms with Crippen LogP contribution in [0.4, 0.5) is 0 Å². The van der Waals surface area contributed by atoms with E-state index in [1.807, 2.05) is 6.08 Å². The van der Waals surface area contributed by atoms with Gasteiger partial charge in [0.15, 0.2) is 0 Å². The van der Waals surface area contributed by atoms with Crippen molar-refractivity contribution in [3.63, 3.8) is 0 Å². The number of pyridine rings is 1. The van der Waals surface area contributed by atoms with E-state index < -0.39 is 0 Å². The van der Waals surface area contributed by atoms with Crippen molar-refractivity contribution in [2.24, 2.45) is 0 Å². The fourth-order valence-corrected chi connectivity index (χ4v) is 2.06. The molecule has 0 saturated carbocycles. The van der Waals surface area contributed by atoms with E-state index >= 15 is 0 Å². The van der Waals surface area contributed by atoms with Gasteiger partial charge in [-0.05, 0) is 25.5 Å². The number of hydrogen-bond donors (Lipinski definition) is 1. The number of nitrogens with zero attached hydrogens (tertiary/aromatic N) is 1. The maximum absolute atomic E-state index is 6.13. The number of aromatic nitrogens is 1. The summed E-state index contributed by atoms with van der Waals surface area (Å²) >= 11 is 11.9. The molecular formula is C12H16Cl2N2. The minimum atomic E-state index is 0.160. The molecule has 1 aromatic rings. The van der Waals surface area contributed by atoms with Gasteiger partial charge >= 0.3 is 0 Å². The van der Waals surface area contributed by atoms with E-state index in [4.69, 9.17) is 23.2 Å². The average molecular weight is 259 g/mol. The van der Waals surface area contributed by atoms with Crippen molar-refractivity contribution >= 4 is 23.2 Å². The Morgan fingerprint density at radius 3 is 2.88 bits per heavy atom. The Balaban J connectivity index is 2.86. The minimum Gasteiger partial charge on any atom is -0.309 e. The minimum absolute atomic E-state index is 0.160. The van der Waals surface area contributed by atoms with Gasteiger partial charge in [0.05, 0.1) is 21.8 Å².